The molecule has 1 aliphatic carbocycles. The number of hydrogen-bond donors (Lipinski definition) is 1. The van der Waals surface area contributed by atoms with Crippen LogP contribution in [0.3, 0.4) is 0 Å². The summed E-state index contributed by atoms with van der Waals surface area (Å²) < 4.78 is 7.03. The molecule has 1 amide bonds. The van der Waals surface area contributed by atoms with Crippen molar-refractivity contribution in [3.05, 3.63) is 66.0 Å². The van der Waals surface area contributed by atoms with Gasteiger partial charge in [0, 0.05) is 36.7 Å². The third-order valence-corrected chi connectivity index (χ3v) is 8.73. The number of fused-ring (bicyclic) bond motifs is 3. The molecule has 1 saturated carbocycles. The smallest absolute Gasteiger partial charge is 0.317 e. The van der Waals surface area contributed by atoms with Gasteiger partial charge in [-0.15, -0.1) is 0 Å². The van der Waals surface area contributed by atoms with Crippen molar-refractivity contribution in [1.29, 1.82) is 0 Å². The lowest BCUT2D eigenvalue weighted by Gasteiger charge is -2.55. The van der Waals surface area contributed by atoms with Crippen LogP contribution in [0.1, 0.15) is 68.5 Å². The fourth-order valence-electron chi connectivity index (χ4n) is 6.91. The summed E-state index contributed by atoms with van der Waals surface area (Å²) in [6.07, 6.45) is 11.3. The van der Waals surface area contributed by atoms with E-state index in [-0.39, 0.29) is 30.4 Å². The summed E-state index contributed by atoms with van der Waals surface area (Å²) in [6, 6.07) is 13.6. The third kappa shape index (κ3) is 4.83. The van der Waals surface area contributed by atoms with E-state index in [9.17, 15) is 9.59 Å². The highest BCUT2D eigenvalue weighted by atomic mass is 35.5. The van der Waals surface area contributed by atoms with Crippen LogP contribution in [0.2, 0.25) is 0 Å². The Morgan fingerprint density at radius 1 is 0.971 bits per heavy atom. The zero-order valence-corrected chi connectivity index (χ0v) is 21.0. The Morgan fingerprint density at radius 3 is 2.20 bits per heavy atom. The van der Waals surface area contributed by atoms with Crippen LogP contribution in [0.5, 0.6) is 0 Å². The molecule has 188 valence electrons. The molecule has 4 fully saturated rings. The number of benzene rings is 1. The zero-order valence-electron chi connectivity index (χ0n) is 20.3. The van der Waals surface area contributed by atoms with Gasteiger partial charge >= 0.3 is 5.97 Å². The zero-order chi connectivity index (χ0) is 23.6. The third-order valence-electron chi connectivity index (χ3n) is 8.73. The second kappa shape index (κ2) is 10.7. The molecule has 2 aromatic rings. The van der Waals surface area contributed by atoms with Gasteiger partial charge in [0.15, 0.2) is 12.1 Å². The number of primary amides is 1. The summed E-state index contributed by atoms with van der Waals surface area (Å²) in [4.78, 5) is 30.8. The van der Waals surface area contributed by atoms with E-state index in [1.165, 1.54) is 12.8 Å². The maximum absolute atomic E-state index is 14.0. The van der Waals surface area contributed by atoms with Crippen LogP contribution >= 0.6 is 0 Å². The highest BCUT2D eigenvalue weighted by Crippen LogP contribution is 2.45. The second-order valence-corrected chi connectivity index (χ2v) is 10.6. The number of pyridine rings is 1. The van der Waals surface area contributed by atoms with E-state index in [4.69, 9.17) is 10.5 Å². The van der Waals surface area contributed by atoms with E-state index in [0.29, 0.717) is 16.9 Å². The minimum Gasteiger partial charge on any atom is -1.00 e. The Hall–Kier alpha value is -2.44. The van der Waals surface area contributed by atoms with Crippen LogP contribution < -0.4 is 18.1 Å². The van der Waals surface area contributed by atoms with Gasteiger partial charge in [0.05, 0.1) is 18.5 Å². The molecular formula is C28H36ClN3O3. The molecule has 1 aromatic heterocycles. The highest BCUT2D eigenvalue weighted by molar-refractivity contribution is 5.83. The summed E-state index contributed by atoms with van der Waals surface area (Å²) in [5.74, 6) is -0.0355. The van der Waals surface area contributed by atoms with Gasteiger partial charge in [-0.2, -0.15) is 0 Å². The number of amides is 1. The number of esters is 1. The number of carbonyl (C=O) groups excluding carboxylic acids is 2. The maximum atomic E-state index is 14.0. The lowest BCUT2D eigenvalue weighted by atomic mass is 9.74. The first-order valence-electron chi connectivity index (χ1n) is 12.9. The van der Waals surface area contributed by atoms with E-state index >= 15 is 0 Å². The molecule has 3 aliphatic heterocycles. The van der Waals surface area contributed by atoms with Crippen molar-refractivity contribution in [2.24, 2.45) is 11.7 Å². The molecule has 1 aromatic carbocycles. The minimum atomic E-state index is -0.567. The molecule has 1 unspecified atom stereocenters. The van der Waals surface area contributed by atoms with Gasteiger partial charge < -0.3 is 27.4 Å². The van der Waals surface area contributed by atoms with E-state index in [2.05, 4.69) is 17.1 Å². The van der Waals surface area contributed by atoms with Crippen LogP contribution in [-0.2, 0) is 19.7 Å². The van der Waals surface area contributed by atoms with Crippen molar-refractivity contribution in [3.63, 3.8) is 0 Å². The first kappa shape index (κ1) is 25.6. The number of aromatic nitrogens is 1. The first-order valence-corrected chi connectivity index (χ1v) is 12.9. The molecule has 3 saturated heterocycles. The van der Waals surface area contributed by atoms with Crippen molar-refractivity contribution in [2.45, 2.75) is 68.9 Å². The molecule has 4 aliphatic rings. The van der Waals surface area contributed by atoms with Crippen molar-refractivity contribution >= 4 is 11.9 Å². The summed E-state index contributed by atoms with van der Waals surface area (Å²) >= 11 is 0. The number of nitrogens with two attached hydrogens (primary N) is 1. The number of carbonyl (C=O) groups is 2. The molecule has 4 heterocycles. The van der Waals surface area contributed by atoms with Crippen LogP contribution in [0.25, 0.3) is 0 Å². The molecule has 6 nitrogen and oxygen atoms in total. The summed E-state index contributed by atoms with van der Waals surface area (Å²) in [6.45, 7) is 2.42. The van der Waals surface area contributed by atoms with Crippen LogP contribution in [0.15, 0.2) is 54.9 Å². The standard InChI is InChI=1S/C28H35N3O3.ClH/c29-26(32)25(22-10-16-30-17-11-22)31-18-12-21(13-19-31)24(20-31)34-27(33)28(14-6-1-2-7-15-28)23-8-4-3-5-9-23;/h3-5,8-11,16-17,21,24-25H,1-2,6-7,12-15,18-20H2,(H-,29,32);1H/t21?,24-,25?,31?;/m0./s1. The quantitative estimate of drug-likeness (QED) is 0.367. The molecule has 2 atom stereocenters. The van der Waals surface area contributed by atoms with E-state index in [1.807, 2.05) is 30.3 Å². The molecule has 35 heavy (non-hydrogen) atoms. The Bertz CT molecular complexity index is 1000. The number of rotatable bonds is 6. The number of nitrogens with zero attached hydrogens (tertiary/aromatic N) is 2. The maximum Gasteiger partial charge on any atom is 0.317 e. The molecule has 0 radical (unpaired) electrons. The molecule has 2 N–H and O–H groups in total. The number of piperidine rings is 3. The van der Waals surface area contributed by atoms with E-state index in [1.54, 1.807) is 12.4 Å². The Balaban J connectivity index is 0.00000289. The molecule has 7 heteroatoms. The van der Waals surface area contributed by atoms with Gasteiger partial charge in [-0.25, -0.2) is 0 Å². The number of quaternary nitrogens is 1. The lowest BCUT2D eigenvalue weighted by Crippen LogP contribution is -3.00. The van der Waals surface area contributed by atoms with Crippen LogP contribution in [0, 0.1) is 5.92 Å². The van der Waals surface area contributed by atoms with Crippen LogP contribution in [-0.4, -0.2) is 47.1 Å². The topological polar surface area (TPSA) is 82.3 Å². The molecule has 0 spiro atoms. The second-order valence-electron chi connectivity index (χ2n) is 10.6. The summed E-state index contributed by atoms with van der Waals surface area (Å²) in [5.41, 5.74) is 7.39. The van der Waals surface area contributed by atoms with Gasteiger partial charge in [-0.05, 0) is 30.5 Å². The van der Waals surface area contributed by atoms with Crippen molar-refractivity contribution in [1.82, 2.24) is 4.98 Å². The lowest BCUT2D eigenvalue weighted by molar-refractivity contribution is -0.965. The van der Waals surface area contributed by atoms with Crippen molar-refractivity contribution < 1.29 is 31.2 Å². The predicted molar refractivity (Wildman–Crippen MR) is 129 cm³/mol. The summed E-state index contributed by atoms with van der Waals surface area (Å²) in [5, 5.41) is 0. The Labute approximate surface area is 214 Å². The average molecular weight is 498 g/mol. The Morgan fingerprint density at radius 2 is 1.60 bits per heavy atom. The van der Waals surface area contributed by atoms with E-state index < -0.39 is 11.5 Å². The van der Waals surface area contributed by atoms with Gasteiger partial charge in [0.25, 0.3) is 5.91 Å². The largest absolute Gasteiger partial charge is 1.00 e. The summed E-state index contributed by atoms with van der Waals surface area (Å²) in [7, 11) is 0. The van der Waals surface area contributed by atoms with Gasteiger partial charge in [0.1, 0.15) is 6.54 Å². The van der Waals surface area contributed by atoms with E-state index in [0.717, 1.165) is 62.7 Å². The molecule has 2 bridgehead atoms. The van der Waals surface area contributed by atoms with Gasteiger partial charge in [-0.3, -0.25) is 14.6 Å². The minimum absolute atomic E-state index is 0. The number of hydrogen-bond acceptors (Lipinski definition) is 4. The van der Waals surface area contributed by atoms with Gasteiger partial charge in [-0.1, -0.05) is 56.0 Å². The fraction of sp³-hybridized carbons (Fsp3) is 0.536. The fourth-order valence-corrected chi connectivity index (χ4v) is 6.91. The SMILES string of the molecule is NC(=O)C(c1ccncc1)[N+]12CCC(CC1)[C@@H](OC(=O)C1(c3ccccc3)CCCCCC1)C2.[Cl-]. The molecule has 6 rings (SSSR count). The average Bonchev–Trinajstić information content (AvgIpc) is 3.13. The monoisotopic (exact) mass is 497 g/mol. The van der Waals surface area contributed by atoms with Crippen molar-refractivity contribution in [2.75, 3.05) is 19.6 Å². The Kier molecular flexibility index (Phi) is 7.82. The van der Waals surface area contributed by atoms with Crippen LogP contribution in [0.4, 0.5) is 0 Å². The predicted octanol–water partition coefficient (Wildman–Crippen LogP) is 1.06. The number of ether oxygens (including phenoxy) is 1. The normalized spacial score (nSPS) is 28.2. The highest BCUT2D eigenvalue weighted by Gasteiger charge is 2.54. The number of halogens is 1. The first-order chi connectivity index (χ1) is 16.5. The van der Waals surface area contributed by atoms with Gasteiger partial charge in [0.2, 0.25) is 0 Å². The van der Waals surface area contributed by atoms with Crippen molar-refractivity contribution in [3.8, 4) is 0 Å². The molecular weight excluding hydrogens is 462 g/mol.